The summed E-state index contributed by atoms with van der Waals surface area (Å²) in [6, 6.07) is 16.8. The van der Waals surface area contributed by atoms with Crippen molar-refractivity contribution in [3.63, 3.8) is 0 Å². The van der Waals surface area contributed by atoms with Crippen molar-refractivity contribution in [1.82, 2.24) is 4.90 Å². The summed E-state index contributed by atoms with van der Waals surface area (Å²) < 4.78 is 11.7. The van der Waals surface area contributed by atoms with Crippen molar-refractivity contribution < 1.29 is 14.3 Å². The number of methoxy groups -OCH3 is 1. The van der Waals surface area contributed by atoms with E-state index < -0.39 is 0 Å². The molecule has 0 aromatic heterocycles. The zero-order chi connectivity index (χ0) is 24.0. The van der Waals surface area contributed by atoms with Crippen molar-refractivity contribution in [2.45, 2.75) is 58.1 Å². The van der Waals surface area contributed by atoms with Crippen molar-refractivity contribution >= 4 is 11.6 Å². The number of anilines is 1. The van der Waals surface area contributed by atoms with Gasteiger partial charge in [0.15, 0.2) is 0 Å². The highest BCUT2D eigenvalue weighted by Gasteiger charge is 2.35. The Morgan fingerprint density at radius 1 is 1.15 bits per heavy atom. The molecule has 1 amide bonds. The van der Waals surface area contributed by atoms with E-state index in [1.807, 2.05) is 31.1 Å². The van der Waals surface area contributed by atoms with Crippen LogP contribution < -0.4 is 9.64 Å². The van der Waals surface area contributed by atoms with Crippen LogP contribution in [-0.4, -0.2) is 50.8 Å². The standard InChI is InChI=1S/C28H40N2O3/c1-21(31)30(20-22-11-13-24(14-12-22)29(4)5)17-15-25(23-16-18-33-28(2,3)19-23)26-9-7-8-10-27(26)32-6/h7-14,23,25H,15-20H2,1-6H3/t23-,25-/m1/s1. The number of nitrogens with zero attached hydrogens (tertiary/aromatic N) is 2. The van der Waals surface area contributed by atoms with E-state index in [1.54, 1.807) is 14.0 Å². The van der Waals surface area contributed by atoms with Gasteiger partial charge in [-0.05, 0) is 74.3 Å². The molecule has 33 heavy (non-hydrogen) atoms. The summed E-state index contributed by atoms with van der Waals surface area (Å²) in [5.74, 6) is 1.83. The first-order chi connectivity index (χ1) is 15.7. The van der Waals surface area contributed by atoms with Gasteiger partial charge >= 0.3 is 0 Å². The van der Waals surface area contributed by atoms with E-state index in [9.17, 15) is 4.79 Å². The van der Waals surface area contributed by atoms with Crippen LogP contribution in [-0.2, 0) is 16.1 Å². The zero-order valence-corrected chi connectivity index (χ0v) is 21.1. The number of hydrogen-bond donors (Lipinski definition) is 0. The molecule has 5 nitrogen and oxygen atoms in total. The molecule has 0 saturated carbocycles. The van der Waals surface area contributed by atoms with Crippen molar-refractivity contribution in [3.8, 4) is 5.75 Å². The molecule has 1 fully saturated rings. The first kappa shape index (κ1) is 25.1. The summed E-state index contributed by atoms with van der Waals surface area (Å²) in [4.78, 5) is 16.6. The van der Waals surface area contributed by atoms with Crippen molar-refractivity contribution in [3.05, 3.63) is 59.7 Å². The second kappa shape index (κ2) is 11.1. The summed E-state index contributed by atoms with van der Waals surface area (Å²) in [6.07, 6.45) is 2.93. The minimum absolute atomic E-state index is 0.109. The van der Waals surface area contributed by atoms with Crippen molar-refractivity contribution in [2.75, 3.05) is 39.3 Å². The van der Waals surface area contributed by atoms with Crippen molar-refractivity contribution in [1.29, 1.82) is 0 Å². The summed E-state index contributed by atoms with van der Waals surface area (Å²) in [7, 11) is 5.81. The average Bonchev–Trinajstić information content (AvgIpc) is 2.78. The Kier molecular flexibility index (Phi) is 8.41. The lowest BCUT2D eigenvalue weighted by Crippen LogP contribution is -2.37. The molecule has 0 aliphatic carbocycles. The molecule has 1 aliphatic heterocycles. The van der Waals surface area contributed by atoms with Gasteiger partial charge in [0.1, 0.15) is 5.75 Å². The van der Waals surface area contributed by atoms with Gasteiger partial charge in [-0.2, -0.15) is 0 Å². The van der Waals surface area contributed by atoms with Crippen LogP contribution >= 0.6 is 0 Å². The molecule has 1 saturated heterocycles. The fourth-order valence-electron chi connectivity index (χ4n) is 5.00. The number of ether oxygens (including phenoxy) is 2. The minimum atomic E-state index is -0.127. The van der Waals surface area contributed by atoms with Gasteiger partial charge in [-0.15, -0.1) is 0 Å². The predicted molar refractivity (Wildman–Crippen MR) is 135 cm³/mol. The van der Waals surface area contributed by atoms with E-state index in [0.717, 1.165) is 42.9 Å². The summed E-state index contributed by atoms with van der Waals surface area (Å²) in [5.41, 5.74) is 3.42. The highest BCUT2D eigenvalue weighted by molar-refractivity contribution is 5.73. The second-order valence-electron chi connectivity index (χ2n) is 10.00. The number of para-hydroxylation sites is 1. The minimum Gasteiger partial charge on any atom is -0.496 e. The number of carbonyl (C=O) groups excluding carboxylic acids is 1. The van der Waals surface area contributed by atoms with Gasteiger partial charge in [0, 0.05) is 46.4 Å². The maximum Gasteiger partial charge on any atom is 0.219 e. The van der Waals surface area contributed by atoms with Crippen LogP contribution in [0.2, 0.25) is 0 Å². The average molecular weight is 453 g/mol. The van der Waals surface area contributed by atoms with E-state index in [2.05, 4.69) is 55.1 Å². The third-order valence-electron chi connectivity index (χ3n) is 6.82. The molecule has 0 bridgehead atoms. The fourth-order valence-corrected chi connectivity index (χ4v) is 5.00. The van der Waals surface area contributed by atoms with E-state index >= 15 is 0 Å². The van der Waals surface area contributed by atoms with E-state index in [4.69, 9.17) is 9.47 Å². The Balaban J connectivity index is 1.79. The van der Waals surface area contributed by atoms with Crippen LogP contribution in [0.25, 0.3) is 0 Å². The Labute approximate surface area is 199 Å². The Morgan fingerprint density at radius 2 is 1.85 bits per heavy atom. The largest absolute Gasteiger partial charge is 0.496 e. The van der Waals surface area contributed by atoms with Gasteiger partial charge in [0.2, 0.25) is 5.91 Å². The molecular weight excluding hydrogens is 412 g/mol. The molecule has 3 rings (SSSR count). The highest BCUT2D eigenvalue weighted by atomic mass is 16.5. The van der Waals surface area contributed by atoms with Gasteiger partial charge in [-0.1, -0.05) is 30.3 Å². The smallest absolute Gasteiger partial charge is 0.219 e. The molecule has 180 valence electrons. The lowest BCUT2D eigenvalue weighted by atomic mass is 9.75. The van der Waals surface area contributed by atoms with E-state index in [-0.39, 0.29) is 11.5 Å². The fraction of sp³-hybridized carbons (Fsp3) is 0.536. The van der Waals surface area contributed by atoms with E-state index in [0.29, 0.717) is 24.9 Å². The second-order valence-corrected chi connectivity index (χ2v) is 10.00. The third kappa shape index (κ3) is 6.73. The topological polar surface area (TPSA) is 42.0 Å². The molecule has 5 heteroatoms. The van der Waals surface area contributed by atoms with Crippen LogP contribution in [0, 0.1) is 5.92 Å². The Morgan fingerprint density at radius 3 is 2.45 bits per heavy atom. The van der Waals surface area contributed by atoms with Crippen LogP contribution in [0.5, 0.6) is 5.75 Å². The number of carbonyl (C=O) groups is 1. The number of rotatable bonds is 9. The van der Waals surface area contributed by atoms with Gasteiger partial charge in [0.25, 0.3) is 0 Å². The van der Waals surface area contributed by atoms with Crippen LogP contribution in [0.1, 0.15) is 57.1 Å². The maximum atomic E-state index is 12.5. The number of benzene rings is 2. The molecule has 2 aromatic rings. The van der Waals surface area contributed by atoms with Gasteiger partial charge in [-0.25, -0.2) is 0 Å². The molecule has 2 atom stereocenters. The number of amides is 1. The van der Waals surface area contributed by atoms with Gasteiger partial charge in [-0.3, -0.25) is 4.79 Å². The van der Waals surface area contributed by atoms with Crippen LogP contribution in [0.15, 0.2) is 48.5 Å². The molecular formula is C28H40N2O3. The third-order valence-corrected chi connectivity index (χ3v) is 6.82. The predicted octanol–water partition coefficient (Wildman–Crippen LogP) is 5.49. The monoisotopic (exact) mass is 452 g/mol. The summed E-state index contributed by atoms with van der Waals surface area (Å²) >= 11 is 0. The maximum absolute atomic E-state index is 12.5. The highest BCUT2D eigenvalue weighted by Crippen LogP contribution is 2.42. The van der Waals surface area contributed by atoms with E-state index in [1.165, 1.54) is 5.56 Å². The summed E-state index contributed by atoms with van der Waals surface area (Å²) in [6.45, 7) is 8.14. The van der Waals surface area contributed by atoms with Gasteiger partial charge in [0.05, 0.1) is 12.7 Å². The SMILES string of the molecule is COc1ccccc1[C@H](CCN(Cc1ccc(N(C)C)cc1)C(C)=O)[C@@H]1CCOC(C)(C)C1. The lowest BCUT2D eigenvalue weighted by Gasteiger charge is -2.40. The Hall–Kier alpha value is -2.53. The zero-order valence-electron chi connectivity index (χ0n) is 21.1. The molecule has 1 aliphatic rings. The number of hydrogen-bond acceptors (Lipinski definition) is 4. The van der Waals surface area contributed by atoms with Gasteiger partial charge < -0.3 is 19.3 Å². The molecule has 2 aromatic carbocycles. The first-order valence-electron chi connectivity index (χ1n) is 12.0. The Bertz CT molecular complexity index is 908. The van der Waals surface area contributed by atoms with Crippen LogP contribution in [0.4, 0.5) is 5.69 Å². The molecule has 0 radical (unpaired) electrons. The molecule has 0 N–H and O–H groups in total. The summed E-state index contributed by atoms with van der Waals surface area (Å²) in [5, 5.41) is 0. The normalized spacial score (nSPS) is 18.4. The molecule has 1 heterocycles. The molecule has 0 unspecified atom stereocenters. The molecule has 0 spiro atoms. The lowest BCUT2D eigenvalue weighted by molar-refractivity contribution is -0.129. The quantitative estimate of drug-likeness (QED) is 0.505. The first-order valence-corrected chi connectivity index (χ1v) is 12.0. The van der Waals surface area contributed by atoms with Crippen molar-refractivity contribution in [2.24, 2.45) is 5.92 Å². The van der Waals surface area contributed by atoms with Crippen LogP contribution in [0.3, 0.4) is 0 Å².